The van der Waals surface area contributed by atoms with Gasteiger partial charge < -0.3 is 4.74 Å². The zero-order valence-electron chi connectivity index (χ0n) is 10.5. The van der Waals surface area contributed by atoms with Crippen molar-refractivity contribution in [1.29, 1.82) is 0 Å². The summed E-state index contributed by atoms with van der Waals surface area (Å²) in [5, 5.41) is 0.560. The van der Waals surface area contributed by atoms with Crippen LogP contribution in [0.25, 0.3) is 0 Å². The van der Waals surface area contributed by atoms with Crippen LogP contribution in [-0.4, -0.2) is 48.9 Å². The Kier molecular flexibility index (Phi) is 4.54. The summed E-state index contributed by atoms with van der Waals surface area (Å²) in [7, 11) is 3.55. The van der Waals surface area contributed by atoms with Gasteiger partial charge in [0.05, 0.1) is 18.7 Å². The topological polar surface area (TPSA) is 29.5 Å². The number of benzene rings is 1. The Bertz CT molecular complexity index is 453. The van der Waals surface area contributed by atoms with Crippen molar-refractivity contribution in [3.8, 4) is 5.75 Å². The lowest BCUT2D eigenvalue weighted by molar-refractivity contribution is 0.0871. The number of carbonyl (C=O) groups is 1. The van der Waals surface area contributed by atoms with E-state index in [2.05, 4.69) is 4.90 Å². The minimum atomic E-state index is -0.0869. The molecule has 0 saturated carbocycles. The number of methoxy groups -OCH3 is 1. The van der Waals surface area contributed by atoms with E-state index in [1.54, 1.807) is 25.3 Å². The van der Waals surface area contributed by atoms with Crippen molar-refractivity contribution < 1.29 is 9.53 Å². The predicted molar refractivity (Wildman–Crippen MR) is 76.1 cm³/mol. The third kappa shape index (κ3) is 2.82. The van der Waals surface area contributed by atoms with Gasteiger partial charge >= 0.3 is 0 Å². The van der Waals surface area contributed by atoms with Gasteiger partial charge in [-0.3, -0.25) is 9.69 Å². The van der Waals surface area contributed by atoms with Gasteiger partial charge in [0.2, 0.25) is 0 Å². The van der Waals surface area contributed by atoms with Crippen LogP contribution < -0.4 is 4.74 Å². The number of nitrogens with zero attached hydrogens (tertiary/aromatic N) is 1. The van der Waals surface area contributed by atoms with Crippen molar-refractivity contribution in [3.05, 3.63) is 28.8 Å². The Morgan fingerprint density at radius 1 is 1.56 bits per heavy atom. The smallest absolute Gasteiger partial charge is 0.184 e. The molecule has 5 heteroatoms. The molecule has 1 aromatic carbocycles. The second-order valence-electron chi connectivity index (χ2n) is 4.28. The Balaban J connectivity index is 2.29. The Morgan fingerprint density at radius 3 is 3.00 bits per heavy atom. The molecule has 1 aliphatic rings. The number of thioether (sulfide) groups is 1. The van der Waals surface area contributed by atoms with Crippen molar-refractivity contribution in [1.82, 2.24) is 4.90 Å². The van der Waals surface area contributed by atoms with E-state index >= 15 is 0 Å². The van der Waals surface area contributed by atoms with E-state index in [0.29, 0.717) is 16.3 Å². The number of likely N-dealkylation sites (N-methyl/N-ethyl adjacent to an activating group) is 1. The number of hydrogen-bond acceptors (Lipinski definition) is 4. The minimum Gasteiger partial charge on any atom is -0.496 e. The van der Waals surface area contributed by atoms with Crippen LogP contribution in [0.5, 0.6) is 5.75 Å². The molecule has 0 N–H and O–H groups in total. The van der Waals surface area contributed by atoms with Gasteiger partial charge in [-0.15, -0.1) is 0 Å². The van der Waals surface area contributed by atoms with Crippen molar-refractivity contribution in [2.45, 2.75) is 6.04 Å². The van der Waals surface area contributed by atoms with Crippen LogP contribution >= 0.6 is 23.4 Å². The fraction of sp³-hybridized carbons (Fsp3) is 0.462. The number of halogens is 1. The van der Waals surface area contributed by atoms with E-state index in [4.69, 9.17) is 16.3 Å². The van der Waals surface area contributed by atoms with E-state index in [9.17, 15) is 4.79 Å². The number of ketones is 1. The van der Waals surface area contributed by atoms with Gasteiger partial charge in [-0.2, -0.15) is 11.8 Å². The second kappa shape index (κ2) is 5.95. The van der Waals surface area contributed by atoms with E-state index in [-0.39, 0.29) is 11.8 Å². The van der Waals surface area contributed by atoms with Crippen LogP contribution in [0.2, 0.25) is 5.02 Å². The van der Waals surface area contributed by atoms with Crippen LogP contribution in [0, 0.1) is 0 Å². The summed E-state index contributed by atoms with van der Waals surface area (Å²) in [5.74, 6) is 2.58. The summed E-state index contributed by atoms with van der Waals surface area (Å²) < 4.78 is 5.24. The van der Waals surface area contributed by atoms with Crippen LogP contribution in [0.4, 0.5) is 0 Å². The lowest BCUT2D eigenvalue weighted by Crippen LogP contribution is -2.44. The SMILES string of the molecule is COc1ccc(Cl)cc1C(=O)C1CSCCN1C. The highest BCUT2D eigenvalue weighted by Crippen LogP contribution is 2.27. The summed E-state index contributed by atoms with van der Waals surface area (Å²) in [6.45, 7) is 0.934. The molecule has 1 unspecified atom stereocenters. The third-order valence-corrected chi connectivity index (χ3v) is 4.38. The highest BCUT2D eigenvalue weighted by Gasteiger charge is 2.29. The van der Waals surface area contributed by atoms with Crippen molar-refractivity contribution >= 4 is 29.1 Å². The average Bonchev–Trinajstić information content (AvgIpc) is 2.38. The van der Waals surface area contributed by atoms with Gasteiger partial charge in [0.1, 0.15) is 5.75 Å². The molecule has 18 heavy (non-hydrogen) atoms. The second-order valence-corrected chi connectivity index (χ2v) is 5.87. The maximum atomic E-state index is 12.5. The fourth-order valence-corrected chi connectivity index (χ4v) is 3.40. The molecule has 0 bridgehead atoms. The first kappa shape index (κ1) is 13.7. The lowest BCUT2D eigenvalue weighted by Gasteiger charge is -2.31. The molecule has 1 saturated heterocycles. The van der Waals surface area contributed by atoms with Crippen molar-refractivity contribution in [3.63, 3.8) is 0 Å². The molecule has 2 rings (SSSR count). The van der Waals surface area contributed by atoms with Crippen LogP contribution in [0.1, 0.15) is 10.4 Å². The molecule has 0 radical (unpaired) electrons. The number of ether oxygens (including phenoxy) is 1. The average molecular weight is 286 g/mol. The molecule has 1 atom stereocenters. The first-order chi connectivity index (χ1) is 8.63. The van der Waals surface area contributed by atoms with Crippen LogP contribution in [-0.2, 0) is 0 Å². The molecular weight excluding hydrogens is 270 g/mol. The Labute approximate surface area is 116 Å². The fourth-order valence-electron chi connectivity index (χ4n) is 2.01. The largest absolute Gasteiger partial charge is 0.496 e. The maximum absolute atomic E-state index is 12.5. The zero-order valence-corrected chi connectivity index (χ0v) is 12.1. The van der Waals surface area contributed by atoms with E-state index in [0.717, 1.165) is 18.1 Å². The summed E-state index contributed by atoms with van der Waals surface area (Å²) in [4.78, 5) is 14.6. The molecule has 0 amide bonds. The van der Waals surface area contributed by atoms with Crippen molar-refractivity contribution in [2.24, 2.45) is 0 Å². The molecule has 1 aromatic rings. The molecular formula is C13H16ClNO2S. The Hall–Kier alpha value is -0.710. The number of carbonyl (C=O) groups excluding carboxylic acids is 1. The van der Waals surface area contributed by atoms with E-state index in [1.807, 2.05) is 18.8 Å². The predicted octanol–water partition coefficient (Wildman–Crippen LogP) is 2.58. The molecule has 0 spiro atoms. The molecule has 0 aromatic heterocycles. The summed E-state index contributed by atoms with van der Waals surface area (Å²) in [6, 6.07) is 5.08. The van der Waals surface area contributed by atoms with Gasteiger partial charge in [0, 0.05) is 23.1 Å². The quantitative estimate of drug-likeness (QED) is 0.799. The third-order valence-electron chi connectivity index (χ3n) is 3.13. The van der Waals surface area contributed by atoms with Crippen LogP contribution in [0.3, 0.4) is 0 Å². The molecule has 1 aliphatic heterocycles. The first-order valence-electron chi connectivity index (χ1n) is 5.79. The van der Waals surface area contributed by atoms with Gasteiger partial charge in [-0.25, -0.2) is 0 Å². The minimum absolute atomic E-state index is 0.0869. The van der Waals surface area contributed by atoms with Gasteiger partial charge in [-0.05, 0) is 25.2 Å². The van der Waals surface area contributed by atoms with E-state index in [1.165, 1.54) is 0 Å². The first-order valence-corrected chi connectivity index (χ1v) is 7.32. The number of Topliss-reactive ketones (excluding diaryl/α,β-unsaturated/α-hetero) is 1. The monoisotopic (exact) mass is 285 g/mol. The van der Waals surface area contributed by atoms with Gasteiger partial charge in [-0.1, -0.05) is 11.6 Å². The molecule has 1 fully saturated rings. The Morgan fingerprint density at radius 2 is 2.33 bits per heavy atom. The molecule has 1 heterocycles. The van der Waals surface area contributed by atoms with Crippen LogP contribution in [0.15, 0.2) is 18.2 Å². The summed E-state index contributed by atoms with van der Waals surface area (Å²) in [5.41, 5.74) is 0.573. The molecule has 98 valence electrons. The highest BCUT2D eigenvalue weighted by molar-refractivity contribution is 7.99. The zero-order chi connectivity index (χ0) is 13.1. The van der Waals surface area contributed by atoms with Crippen molar-refractivity contribution in [2.75, 3.05) is 32.2 Å². The highest BCUT2D eigenvalue weighted by atomic mass is 35.5. The van der Waals surface area contributed by atoms with Gasteiger partial charge in [0.25, 0.3) is 0 Å². The summed E-state index contributed by atoms with van der Waals surface area (Å²) in [6.07, 6.45) is 0. The van der Waals surface area contributed by atoms with E-state index < -0.39 is 0 Å². The maximum Gasteiger partial charge on any atom is 0.184 e. The van der Waals surface area contributed by atoms with Gasteiger partial charge in [0.15, 0.2) is 5.78 Å². The summed E-state index contributed by atoms with van der Waals surface area (Å²) >= 11 is 7.78. The number of rotatable bonds is 3. The normalized spacial score (nSPS) is 20.7. The standard InChI is InChI=1S/C13H16ClNO2S/c1-15-5-6-18-8-11(15)13(16)10-7-9(14)3-4-12(10)17-2/h3-4,7,11H,5-6,8H2,1-2H3. The molecule has 3 nitrogen and oxygen atoms in total. The number of hydrogen-bond donors (Lipinski definition) is 0. The lowest BCUT2D eigenvalue weighted by atomic mass is 10.0. The molecule has 0 aliphatic carbocycles.